The van der Waals surface area contributed by atoms with Crippen LogP contribution in [0.15, 0.2) is 42.5 Å². The smallest absolute Gasteiger partial charge is 0.387 e. The van der Waals surface area contributed by atoms with Crippen molar-refractivity contribution in [1.82, 2.24) is 9.55 Å². The molecule has 0 aliphatic heterocycles. The Kier molecular flexibility index (Phi) is 3.21. The second-order valence-corrected chi connectivity index (χ2v) is 4.67. The highest BCUT2D eigenvalue weighted by Gasteiger charge is 2.11. The second-order valence-electron chi connectivity index (χ2n) is 4.67. The first-order valence-electron chi connectivity index (χ1n) is 6.34. The van der Waals surface area contributed by atoms with Gasteiger partial charge < -0.3 is 10.5 Å². The van der Waals surface area contributed by atoms with Crippen molar-refractivity contribution < 1.29 is 13.5 Å². The zero-order valence-corrected chi connectivity index (χ0v) is 11.3. The summed E-state index contributed by atoms with van der Waals surface area (Å²) in [5.41, 5.74) is 9.44. The molecule has 0 saturated heterocycles. The molecule has 0 unspecified atom stereocenters. The number of imidazole rings is 1. The Bertz CT molecular complexity index is 781. The average molecular weight is 289 g/mol. The zero-order chi connectivity index (χ0) is 15.0. The number of ether oxygens (including phenoxy) is 1. The van der Waals surface area contributed by atoms with Crippen LogP contribution < -0.4 is 10.5 Å². The quantitative estimate of drug-likeness (QED) is 0.802. The summed E-state index contributed by atoms with van der Waals surface area (Å²) in [6, 6.07) is 12.1. The molecule has 1 heterocycles. The normalized spacial score (nSPS) is 11.2. The lowest BCUT2D eigenvalue weighted by Gasteiger charge is -2.08. The molecule has 1 aromatic heterocycles. The van der Waals surface area contributed by atoms with E-state index in [9.17, 15) is 8.78 Å². The van der Waals surface area contributed by atoms with E-state index in [1.165, 1.54) is 12.1 Å². The minimum atomic E-state index is -2.84. The van der Waals surface area contributed by atoms with Gasteiger partial charge in [-0.05, 0) is 48.9 Å². The van der Waals surface area contributed by atoms with E-state index in [2.05, 4.69) is 9.72 Å². The molecule has 3 rings (SSSR count). The Hall–Kier alpha value is -2.63. The molecule has 2 N–H and O–H groups in total. The highest BCUT2D eigenvalue weighted by Crippen LogP contribution is 2.25. The number of rotatable bonds is 3. The van der Waals surface area contributed by atoms with E-state index in [0.29, 0.717) is 5.95 Å². The van der Waals surface area contributed by atoms with Crippen LogP contribution in [-0.2, 0) is 0 Å². The highest BCUT2D eigenvalue weighted by molar-refractivity contribution is 5.81. The predicted molar refractivity (Wildman–Crippen MR) is 76.9 cm³/mol. The number of hydrogen-bond donors (Lipinski definition) is 1. The van der Waals surface area contributed by atoms with Gasteiger partial charge in [-0.3, -0.25) is 4.57 Å². The summed E-state index contributed by atoms with van der Waals surface area (Å²) in [4.78, 5) is 4.31. The van der Waals surface area contributed by atoms with Gasteiger partial charge in [-0.2, -0.15) is 8.78 Å². The van der Waals surface area contributed by atoms with Gasteiger partial charge in [0.2, 0.25) is 5.95 Å². The van der Waals surface area contributed by atoms with E-state index in [4.69, 9.17) is 5.73 Å². The van der Waals surface area contributed by atoms with Crippen LogP contribution in [-0.4, -0.2) is 16.2 Å². The molecule has 0 aliphatic carbocycles. The molecule has 0 saturated carbocycles. The Balaban J connectivity index is 2.05. The second kappa shape index (κ2) is 5.05. The summed E-state index contributed by atoms with van der Waals surface area (Å²) in [5, 5.41) is 0. The highest BCUT2D eigenvalue weighted by atomic mass is 19.3. The number of nitrogen functional groups attached to an aromatic ring is 1. The van der Waals surface area contributed by atoms with Crippen LogP contribution in [0.3, 0.4) is 0 Å². The number of aromatic nitrogens is 2. The monoisotopic (exact) mass is 289 g/mol. The van der Waals surface area contributed by atoms with Crippen LogP contribution in [0.2, 0.25) is 0 Å². The molecule has 4 nitrogen and oxygen atoms in total. The maximum atomic E-state index is 12.1. The van der Waals surface area contributed by atoms with Crippen LogP contribution >= 0.6 is 0 Å². The maximum absolute atomic E-state index is 12.1. The summed E-state index contributed by atoms with van der Waals surface area (Å²) in [7, 11) is 0. The van der Waals surface area contributed by atoms with Gasteiger partial charge in [0, 0.05) is 5.69 Å². The third kappa shape index (κ3) is 2.52. The van der Waals surface area contributed by atoms with Crippen LogP contribution in [0.25, 0.3) is 16.7 Å². The number of alkyl halides is 2. The Morgan fingerprint density at radius 1 is 1.14 bits per heavy atom. The number of nitrogens with zero attached hydrogens (tertiary/aromatic N) is 2. The first kappa shape index (κ1) is 13.4. The van der Waals surface area contributed by atoms with Crippen molar-refractivity contribution in [3.8, 4) is 11.4 Å². The number of anilines is 1. The standard InChI is InChI=1S/C15H13F2N3O/c1-9-2-7-13-12(8-9)19-15(18)20(13)10-3-5-11(6-4-10)21-14(16)17/h2-8,14H,1H3,(H2,18,19). The minimum Gasteiger partial charge on any atom is -0.435 e. The van der Waals surface area contributed by atoms with Gasteiger partial charge in [-0.15, -0.1) is 0 Å². The van der Waals surface area contributed by atoms with Crippen molar-refractivity contribution in [2.75, 3.05) is 5.73 Å². The molecule has 2 aromatic carbocycles. The molecular weight excluding hydrogens is 276 g/mol. The average Bonchev–Trinajstić information content (AvgIpc) is 2.74. The van der Waals surface area contributed by atoms with Crippen molar-refractivity contribution in [2.24, 2.45) is 0 Å². The van der Waals surface area contributed by atoms with E-state index in [1.807, 2.05) is 25.1 Å². The van der Waals surface area contributed by atoms with Crippen molar-refractivity contribution in [2.45, 2.75) is 13.5 Å². The number of halogens is 2. The van der Waals surface area contributed by atoms with Gasteiger partial charge in [-0.1, -0.05) is 6.07 Å². The number of nitrogens with two attached hydrogens (primary N) is 1. The molecule has 3 aromatic rings. The van der Waals surface area contributed by atoms with Gasteiger partial charge in [0.1, 0.15) is 5.75 Å². The van der Waals surface area contributed by atoms with E-state index >= 15 is 0 Å². The molecule has 6 heteroatoms. The number of fused-ring (bicyclic) bond motifs is 1. The van der Waals surface area contributed by atoms with E-state index in [0.717, 1.165) is 22.3 Å². The van der Waals surface area contributed by atoms with E-state index in [-0.39, 0.29) is 5.75 Å². The molecule has 0 radical (unpaired) electrons. The summed E-state index contributed by atoms with van der Waals surface area (Å²) >= 11 is 0. The molecule has 0 bridgehead atoms. The van der Waals surface area contributed by atoms with Crippen molar-refractivity contribution >= 4 is 17.0 Å². The molecule has 0 fully saturated rings. The third-order valence-electron chi connectivity index (χ3n) is 3.16. The van der Waals surface area contributed by atoms with Crippen molar-refractivity contribution in [3.63, 3.8) is 0 Å². The molecule has 108 valence electrons. The lowest BCUT2D eigenvalue weighted by Crippen LogP contribution is -2.03. The van der Waals surface area contributed by atoms with Crippen LogP contribution in [0.4, 0.5) is 14.7 Å². The first-order chi connectivity index (χ1) is 10.0. The SMILES string of the molecule is Cc1ccc2c(c1)nc(N)n2-c1ccc(OC(F)F)cc1. The van der Waals surface area contributed by atoms with Gasteiger partial charge in [0.25, 0.3) is 0 Å². The minimum absolute atomic E-state index is 0.104. The summed E-state index contributed by atoms with van der Waals surface area (Å²) in [6.45, 7) is -0.858. The molecule has 0 spiro atoms. The largest absolute Gasteiger partial charge is 0.435 e. The third-order valence-corrected chi connectivity index (χ3v) is 3.16. The predicted octanol–water partition coefficient (Wildman–Crippen LogP) is 3.52. The van der Waals surface area contributed by atoms with Crippen molar-refractivity contribution in [3.05, 3.63) is 48.0 Å². The molecule has 0 aliphatic rings. The fourth-order valence-electron chi connectivity index (χ4n) is 2.26. The van der Waals surface area contributed by atoms with Crippen LogP contribution in [0, 0.1) is 6.92 Å². The van der Waals surface area contributed by atoms with Gasteiger partial charge in [0.15, 0.2) is 0 Å². The fourth-order valence-corrected chi connectivity index (χ4v) is 2.26. The summed E-state index contributed by atoms with van der Waals surface area (Å²) in [5.74, 6) is 0.450. The van der Waals surface area contributed by atoms with Gasteiger partial charge in [-0.25, -0.2) is 4.98 Å². The van der Waals surface area contributed by atoms with E-state index in [1.54, 1.807) is 16.7 Å². The Labute approximate surface area is 119 Å². The molecule has 0 amide bonds. The van der Waals surface area contributed by atoms with Gasteiger partial charge >= 0.3 is 6.61 Å². The molecule has 21 heavy (non-hydrogen) atoms. The lowest BCUT2D eigenvalue weighted by molar-refractivity contribution is -0.0498. The fraction of sp³-hybridized carbons (Fsp3) is 0.133. The van der Waals surface area contributed by atoms with Crippen LogP contribution in [0.5, 0.6) is 5.75 Å². The Morgan fingerprint density at radius 3 is 2.52 bits per heavy atom. The lowest BCUT2D eigenvalue weighted by atomic mass is 10.2. The molecule has 0 atom stereocenters. The summed E-state index contributed by atoms with van der Waals surface area (Å²) in [6.07, 6.45) is 0. The van der Waals surface area contributed by atoms with Crippen LogP contribution in [0.1, 0.15) is 5.56 Å². The number of aryl methyl sites for hydroxylation is 1. The summed E-state index contributed by atoms with van der Waals surface area (Å²) < 4.78 is 30.4. The number of benzene rings is 2. The maximum Gasteiger partial charge on any atom is 0.387 e. The van der Waals surface area contributed by atoms with Crippen molar-refractivity contribution in [1.29, 1.82) is 0 Å². The Morgan fingerprint density at radius 2 is 1.86 bits per heavy atom. The number of hydrogen-bond acceptors (Lipinski definition) is 3. The molecular formula is C15H13F2N3O. The topological polar surface area (TPSA) is 53.1 Å². The zero-order valence-electron chi connectivity index (χ0n) is 11.3. The van der Waals surface area contributed by atoms with Gasteiger partial charge in [0.05, 0.1) is 11.0 Å². The first-order valence-corrected chi connectivity index (χ1v) is 6.34. The van der Waals surface area contributed by atoms with E-state index < -0.39 is 6.61 Å².